The fraction of sp³-hybridized carbons (Fsp3) is 0.294. The first-order valence-electron chi connectivity index (χ1n) is 8.14. The van der Waals surface area contributed by atoms with Gasteiger partial charge in [0.15, 0.2) is 0 Å². The molecule has 1 aromatic carbocycles. The molecule has 0 bridgehead atoms. The molecular weight excluding hydrogens is 392 g/mol. The van der Waals surface area contributed by atoms with Gasteiger partial charge in [-0.05, 0) is 19.4 Å². The Morgan fingerprint density at radius 2 is 2.04 bits per heavy atom. The van der Waals surface area contributed by atoms with E-state index in [4.69, 9.17) is 16.3 Å². The van der Waals surface area contributed by atoms with Gasteiger partial charge in [-0.25, -0.2) is 13.9 Å². The summed E-state index contributed by atoms with van der Waals surface area (Å²) in [5.41, 5.74) is 0.746. The number of rotatable bonds is 6. The maximum absolute atomic E-state index is 13.1. The molecule has 0 fully saturated rings. The molecule has 0 radical (unpaired) electrons. The molecule has 0 saturated carbocycles. The van der Waals surface area contributed by atoms with Gasteiger partial charge < -0.3 is 4.74 Å². The summed E-state index contributed by atoms with van der Waals surface area (Å²) in [7, 11) is -1.81. The van der Waals surface area contributed by atoms with E-state index in [1.165, 1.54) is 10.7 Å². The summed E-state index contributed by atoms with van der Waals surface area (Å²) in [5, 5.41) is 4.15. The van der Waals surface area contributed by atoms with Gasteiger partial charge >= 0.3 is 5.97 Å². The highest BCUT2D eigenvalue weighted by molar-refractivity contribution is 7.86. The van der Waals surface area contributed by atoms with Crippen LogP contribution in [0.5, 0.6) is 0 Å². The minimum absolute atomic E-state index is 0.0263. The van der Waals surface area contributed by atoms with Gasteiger partial charge in [0.1, 0.15) is 33.9 Å². The number of esters is 1. The molecule has 3 aromatic rings. The van der Waals surface area contributed by atoms with Crippen molar-refractivity contribution in [2.45, 2.75) is 30.3 Å². The van der Waals surface area contributed by atoms with Crippen LogP contribution in [-0.2, 0) is 26.9 Å². The van der Waals surface area contributed by atoms with Crippen LogP contribution in [0.25, 0.3) is 5.52 Å². The molecule has 0 aliphatic carbocycles. The van der Waals surface area contributed by atoms with E-state index in [2.05, 4.69) is 10.1 Å². The Hall–Kier alpha value is -2.52. The summed E-state index contributed by atoms with van der Waals surface area (Å²) in [4.78, 5) is 28.6. The lowest BCUT2D eigenvalue weighted by atomic mass is 10.2. The fourth-order valence-corrected chi connectivity index (χ4v) is 4.04. The Balaban J connectivity index is 2.11. The third kappa shape index (κ3) is 3.79. The van der Waals surface area contributed by atoms with Crippen LogP contribution in [0.15, 0.2) is 46.6 Å². The molecule has 0 N–H and O–H groups in total. The standard InChI is InChI=1S/C17H17ClN4O4S/c1-3-26-13(23)9-22-16(24)14-11(2)19-10-21(14)17(20-22)27(25)15(18)12-7-5-4-6-8-12/h4-8,10,15H,3,9H2,1-2H3. The molecule has 0 amide bonds. The largest absolute Gasteiger partial charge is 0.465 e. The summed E-state index contributed by atoms with van der Waals surface area (Å²) >= 11 is 6.39. The molecule has 10 heteroatoms. The molecule has 2 unspecified atom stereocenters. The Labute approximate surface area is 162 Å². The lowest BCUT2D eigenvalue weighted by Gasteiger charge is -2.13. The second-order valence-electron chi connectivity index (χ2n) is 5.62. The van der Waals surface area contributed by atoms with Crippen LogP contribution in [0.4, 0.5) is 0 Å². The summed E-state index contributed by atoms with van der Waals surface area (Å²) in [6.07, 6.45) is 1.37. The van der Waals surface area contributed by atoms with Gasteiger partial charge in [0.25, 0.3) is 5.56 Å². The average molecular weight is 409 g/mol. The molecule has 0 aliphatic rings. The highest BCUT2D eigenvalue weighted by Gasteiger charge is 2.25. The Bertz CT molecular complexity index is 1060. The monoisotopic (exact) mass is 408 g/mol. The third-order valence-corrected chi connectivity index (χ3v) is 5.84. The zero-order chi connectivity index (χ0) is 19.6. The minimum Gasteiger partial charge on any atom is -0.465 e. The van der Waals surface area contributed by atoms with Gasteiger partial charge in [-0.15, -0.1) is 16.7 Å². The van der Waals surface area contributed by atoms with Crippen LogP contribution < -0.4 is 5.56 Å². The van der Waals surface area contributed by atoms with E-state index in [1.54, 1.807) is 38.1 Å². The minimum atomic E-state index is -1.81. The SMILES string of the molecule is CCOC(=O)Cn1nc(S(=O)C(Cl)c2ccccc2)n2cnc(C)c2c1=O. The van der Waals surface area contributed by atoms with E-state index in [0.717, 1.165) is 4.68 Å². The molecule has 2 atom stereocenters. The molecule has 0 aliphatic heterocycles. The van der Waals surface area contributed by atoms with Crippen LogP contribution in [0.1, 0.15) is 22.9 Å². The zero-order valence-electron chi connectivity index (χ0n) is 14.7. The quantitative estimate of drug-likeness (QED) is 0.456. The van der Waals surface area contributed by atoms with Crippen LogP contribution in [0.3, 0.4) is 0 Å². The van der Waals surface area contributed by atoms with Gasteiger partial charge in [0.2, 0.25) is 5.16 Å². The molecule has 142 valence electrons. The van der Waals surface area contributed by atoms with Crippen LogP contribution in [0.2, 0.25) is 0 Å². The molecule has 3 rings (SSSR count). The number of carbonyl (C=O) groups is 1. The maximum Gasteiger partial charge on any atom is 0.327 e. The number of alkyl halides is 1. The van der Waals surface area contributed by atoms with Crippen molar-refractivity contribution in [1.29, 1.82) is 0 Å². The van der Waals surface area contributed by atoms with Gasteiger partial charge in [0.05, 0.1) is 12.3 Å². The van der Waals surface area contributed by atoms with E-state index in [9.17, 15) is 13.8 Å². The Morgan fingerprint density at radius 3 is 2.70 bits per heavy atom. The van der Waals surface area contributed by atoms with Crippen molar-refractivity contribution in [3.8, 4) is 0 Å². The molecule has 0 saturated heterocycles. The molecule has 2 heterocycles. The number of nitrogens with zero attached hydrogens (tertiary/aromatic N) is 4. The molecular formula is C17H17ClN4O4S. The van der Waals surface area contributed by atoms with Crippen molar-refractivity contribution in [3.05, 3.63) is 58.3 Å². The lowest BCUT2D eigenvalue weighted by Crippen LogP contribution is -2.31. The Morgan fingerprint density at radius 1 is 1.33 bits per heavy atom. The summed E-state index contributed by atoms with van der Waals surface area (Å²) < 4.78 is 19.4. The molecule has 0 spiro atoms. The molecule has 8 nitrogen and oxygen atoms in total. The first kappa shape index (κ1) is 19.2. The molecule has 2 aromatic heterocycles. The van der Waals surface area contributed by atoms with Gasteiger partial charge in [0, 0.05) is 0 Å². The number of hydrogen-bond donors (Lipinski definition) is 0. The molecule has 27 heavy (non-hydrogen) atoms. The summed E-state index contributed by atoms with van der Waals surface area (Å²) in [6, 6.07) is 8.90. The lowest BCUT2D eigenvalue weighted by molar-refractivity contribution is -0.144. The number of carbonyl (C=O) groups excluding carboxylic acids is 1. The van der Waals surface area contributed by atoms with E-state index in [0.29, 0.717) is 11.3 Å². The van der Waals surface area contributed by atoms with Gasteiger partial charge in [-0.2, -0.15) is 0 Å². The van der Waals surface area contributed by atoms with Crippen molar-refractivity contribution in [2.24, 2.45) is 0 Å². The first-order chi connectivity index (χ1) is 12.9. The number of imidazole rings is 1. The highest BCUT2D eigenvalue weighted by Crippen LogP contribution is 2.28. The topological polar surface area (TPSA) is 95.6 Å². The number of ether oxygens (including phenoxy) is 1. The predicted octanol–water partition coefficient (Wildman–Crippen LogP) is 1.81. The van der Waals surface area contributed by atoms with Crippen LogP contribution >= 0.6 is 11.6 Å². The van der Waals surface area contributed by atoms with Crippen molar-refractivity contribution < 1.29 is 13.7 Å². The van der Waals surface area contributed by atoms with Gasteiger partial charge in [-0.1, -0.05) is 30.3 Å². The third-order valence-electron chi connectivity index (χ3n) is 3.81. The van der Waals surface area contributed by atoms with Crippen molar-refractivity contribution >= 4 is 33.9 Å². The number of hydrogen-bond acceptors (Lipinski definition) is 6. The van der Waals surface area contributed by atoms with E-state index >= 15 is 0 Å². The number of benzene rings is 1. The first-order valence-corrected chi connectivity index (χ1v) is 9.79. The van der Waals surface area contributed by atoms with Crippen LogP contribution in [0, 0.1) is 6.92 Å². The smallest absolute Gasteiger partial charge is 0.327 e. The summed E-state index contributed by atoms with van der Waals surface area (Å²) in [6.45, 7) is 3.10. The van der Waals surface area contributed by atoms with E-state index < -0.39 is 33.6 Å². The highest BCUT2D eigenvalue weighted by atomic mass is 35.5. The van der Waals surface area contributed by atoms with Crippen molar-refractivity contribution in [1.82, 2.24) is 19.2 Å². The number of fused-ring (bicyclic) bond motifs is 1. The van der Waals surface area contributed by atoms with Crippen molar-refractivity contribution in [3.63, 3.8) is 0 Å². The second kappa shape index (κ2) is 8.01. The number of aryl methyl sites for hydroxylation is 1. The van der Waals surface area contributed by atoms with Gasteiger partial charge in [-0.3, -0.25) is 14.0 Å². The number of halogens is 1. The predicted molar refractivity (Wildman–Crippen MR) is 100 cm³/mol. The zero-order valence-corrected chi connectivity index (χ0v) is 16.2. The van der Waals surface area contributed by atoms with Crippen LogP contribution in [-0.4, -0.2) is 36.0 Å². The van der Waals surface area contributed by atoms with Crippen molar-refractivity contribution in [2.75, 3.05) is 6.61 Å². The number of aromatic nitrogens is 4. The normalized spacial score (nSPS) is 13.4. The Kier molecular flexibility index (Phi) is 5.71. The van der Waals surface area contributed by atoms with E-state index in [-0.39, 0.29) is 17.3 Å². The average Bonchev–Trinajstić information content (AvgIpc) is 3.06. The second-order valence-corrected chi connectivity index (χ2v) is 7.75. The fourth-order valence-electron chi connectivity index (χ4n) is 2.55. The summed E-state index contributed by atoms with van der Waals surface area (Å²) in [5.74, 6) is -0.615. The van der Waals surface area contributed by atoms with E-state index in [1.807, 2.05) is 6.07 Å². The maximum atomic E-state index is 13.1.